The zero-order chi connectivity index (χ0) is 18.4. The van der Waals surface area contributed by atoms with Crippen LogP contribution < -0.4 is 4.74 Å². The first kappa shape index (κ1) is 17.9. The largest absolute Gasteiger partial charge is 0.422 e. The van der Waals surface area contributed by atoms with Crippen LogP contribution >= 0.6 is 0 Å². The van der Waals surface area contributed by atoms with E-state index < -0.39 is 5.97 Å². The van der Waals surface area contributed by atoms with Gasteiger partial charge in [-0.1, -0.05) is 36.4 Å². The molecule has 0 unspecified atom stereocenters. The summed E-state index contributed by atoms with van der Waals surface area (Å²) in [6.07, 6.45) is 3.24. The summed E-state index contributed by atoms with van der Waals surface area (Å²) in [6, 6.07) is 16.0. The Morgan fingerprint density at radius 1 is 0.923 bits per heavy atom. The quantitative estimate of drug-likeness (QED) is 0.483. The Balaban J connectivity index is 1.69. The molecule has 2 aromatic carbocycles. The van der Waals surface area contributed by atoms with Crippen LogP contribution in [0.2, 0.25) is 0 Å². The van der Waals surface area contributed by atoms with Gasteiger partial charge in [0.1, 0.15) is 5.75 Å². The van der Waals surface area contributed by atoms with E-state index >= 15 is 0 Å². The maximum Gasteiger partial charge on any atom is 0.343 e. The first-order valence-electron chi connectivity index (χ1n) is 8.65. The predicted molar refractivity (Wildman–Crippen MR) is 101 cm³/mol. The Hall–Kier alpha value is -2.92. The summed E-state index contributed by atoms with van der Waals surface area (Å²) < 4.78 is 5.50. The van der Waals surface area contributed by atoms with Gasteiger partial charge in [0.15, 0.2) is 0 Å². The number of carbonyl (C=O) groups is 2. The molecule has 0 aromatic heterocycles. The highest BCUT2D eigenvalue weighted by molar-refractivity contribution is 5.93. The number of hydrogen-bond acceptors (Lipinski definition) is 4. The molecule has 1 aliphatic rings. The van der Waals surface area contributed by atoms with E-state index in [4.69, 9.17) is 4.74 Å². The lowest BCUT2D eigenvalue weighted by Gasteiger charge is -2.31. The molecule has 2 aromatic rings. The average molecular weight is 350 g/mol. The van der Waals surface area contributed by atoms with Crippen molar-refractivity contribution in [3.8, 4) is 5.75 Å². The molecule has 5 heteroatoms. The maximum atomic E-state index is 12.3. The van der Waals surface area contributed by atoms with Gasteiger partial charge in [-0.25, -0.2) is 4.79 Å². The number of amides is 1. The molecule has 5 nitrogen and oxygen atoms in total. The van der Waals surface area contributed by atoms with E-state index in [1.165, 1.54) is 0 Å². The smallest absolute Gasteiger partial charge is 0.343 e. The minimum atomic E-state index is -0.420. The molecule has 1 amide bonds. The van der Waals surface area contributed by atoms with Crippen molar-refractivity contribution in [3.05, 3.63) is 71.8 Å². The first-order chi connectivity index (χ1) is 12.6. The van der Waals surface area contributed by atoms with Crippen molar-refractivity contribution in [2.45, 2.75) is 0 Å². The van der Waals surface area contributed by atoms with E-state index in [0.29, 0.717) is 16.9 Å². The van der Waals surface area contributed by atoms with Crippen molar-refractivity contribution in [2.24, 2.45) is 0 Å². The molecule has 0 spiro atoms. The highest BCUT2D eigenvalue weighted by atomic mass is 16.5. The number of ether oxygens (including phenoxy) is 1. The molecular formula is C21H22N2O3. The molecular weight excluding hydrogens is 328 g/mol. The third-order valence-electron chi connectivity index (χ3n) is 4.35. The molecule has 0 aliphatic carbocycles. The minimum Gasteiger partial charge on any atom is -0.422 e. The maximum absolute atomic E-state index is 12.3. The number of carbonyl (C=O) groups excluding carboxylic acids is 2. The van der Waals surface area contributed by atoms with Gasteiger partial charge >= 0.3 is 5.97 Å². The summed E-state index contributed by atoms with van der Waals surface area (Å²) in [4.78, 5) is 28.6. The number of likely N-dealkylation sites (N-methyl/N-ethyl adjacent to an activating group) is 1. The normalized spacial score (nSPS) is 15.2. The molecule has 0 bridgehead atoms. The second-order valence-corrected chi connectivity index (χ2v) is 6.26. The fourth-order valence-corrected chi connectivity index (χ4v) is 2.74. The zero-order valence-corrected chi connectivity index (χ0v) is 14.8. The van der Waals surface area contributed by atoms with E-state index in [1.807, 2.05) is 23.1 Å². The predicted octanol–water partition coefficient (Wildman–Crippen LogP) is 2.69. The van der Waals surface area contributed by atoms with Gasteiger partial charge in [0.05, 0.1) is 5.56 Å². The molecule has 1 saturated heterocycles. The fourth-order valence-electron chi connectivity index (χ4n) is 2.74. The number of hydrogen-bond donors (Lipinski definition) is 0. The zero-order valence-electron chi connectivity index (χ0n) is 14.8. The van der Waals surface area contributed by atoms with Crippen molar-refractivity contribution >= 4 is 18.0 Å². The van der Waals surface area contributed by atoms with Gasteiger partial charge in [-0.05, 0) is 31.3 Å². The Labute approximate surface area is 153 Å². The van der Waals surface area contributed by atoms with Crippen LogP contribution in [0.25, 0.3) is 6.08 Å². The van der Waals surface area contributed by atoms with Crippen LogP contribution in [0.15, 0.2) is 60.7 Å². The lowest BCUT2D eigenvalue weighted by Crippen LogP contribution is -2.46. The lowest BCUT2D eigenvalue weighted by molar-refractivity contribution is -0.127. The lowest BCUT2D eigenvalue weighted by atomic mass is 10.1. The van der Waals surface area contributed by atoms with Gasteiger partial charge in [0.2, 0.25) is 5.91 Å². The van der Waals surface area contributed by atoms with Crippen molar-refractivity contribution in [3.63, 3.8) is 0 Å². The van der Waals surface area contributed by atoms with E-state index in [0.717, 1.165) is 26.2 Å². The molecule has 0 radical (unpaired) electrons. The summed E-state index contributed by atoms with van der Waals surface area (Å²) in [5, 5.41) is 0. The summed E-state index contributed by atoms with van der Waals surface area (Å²) in [7, 11) is 2.05. The summed E-state index contributed by atoms with van der Waals surface area (Å²) in [5.74, 6) is -0.0112. The first-order valence-corrected chi connectivity index (χ1v) is 8.65. The van der Waals surface area contributed by atoms with Crippen LogP contribution in [0.4, 0.5) is 0 Å². The molecule has 1 fully saturated rings. The monoisotopic (exact) mass is 350 g/mol. The Morgan fingerprint density at radius 3 is 2.31 bits per heavy atom. The number of nitrogens with zero attached hydrogens (tertiary/aromatic N) is 2. The molecule has 0 atom stereocenters. The number of rotatable bonds is 4. The molecule has 3 rings (SSSR count). The number of esters is 1. The Morgan fingerprint density at radius 2 is 1.58 bits per heavy atom. The number of piperazine rings is 1. The summed E-state index contributed by atoms with van der Waals surface area (Å²) >= 11 is 0. The van der Waals surface area contributed by atoms with E-state index in [9.17, 15) is 9.59 Å². The third-order valence-corrected chi connectivity index (χ3v) is 4.35. The molecule has 1 heterocycles. The van der Waals surface area contributed by atoms with Gasteiger partial charge < -0.3 is 14.5 Å². The van der Waals surface area contributed by atoms with Gasteiger partial charge in [-0.2, -0.15) is 0 Å². The highest BCUT2D eigenvalue weighted by Gasteiger charge is 2.17. The molecule has 134 valence electrons. The van der Waals surface area contributed by atoms with Crippen LogP contribution in [0.3, 0.4) is 0 Å². The van der Waals surface area contributed by atoms with E-state index in [2.05, 4.69) is 11.9 Å². The second-order valence-electron chi connectivity index (χ2n) is 6.26. The fraction of sp³-hybridized carbons (Fsp3) is 0.238. The molecule has 0 N–H and O–H groups in total. The SMILES string of the molecule is CN1CCN(C(=O)/C=C/c2ccccc2OC(=O)c2ccccc2)CC1. The van der Waals surface area contributed by atoms with Crippen LogP contribution in [-0.4, -0.2) is 54.9 Å². The standard InChI is InChI=1S/C21H22N2O3/c1-22-13-15-23(16-14-22)20(24)12-11-17-7-5-6-10-19(17)26-21(25)18-8-3-2-4-9-18/h2-12H,13-16H2,1H3/b12-11+. The van der Waals surface area contributed by atoms with Crippen molar-refractivity contribution in [1.82, 2.24) is 9.80 Å². The van der Waals surface area contributed by atoms with Crippen LogP contribution in [-0.2, 0) is 4.79 Å². The molecule has 0 saturated carbocycles. The number of benzene rings is 2. The van der Waals surface area contributed by atoms with Gasteiger partial charge in [0, 0.05) is 37.8 Å². The van der Waals surface area contributed by atoms with Gasteiger partial charge in [0.25, 0.3) is 0 Å². The van der Waals surface area contributed by atoms with Crippen molar-refractivity contribution < 1.29 is 14.3 Å². The topological polar surface area (TPSA) is 49.9 Å². The van der Waals surface area contributed by atoms with Crippen LogP contribution in [0, 0.1) is 0 Å². The summed E-state index contributed by atoms with van der Waals surface area (Å²) in [5.41, 5.74) is 1.18. The Bertz CT molecular complexity index is 794. The second kappa shape index (κ2) is 8.45. The van der Waals surface area contributed by atoms with Crippen molar-refractivity contribution in [1.29, 1.82) is 0 Å². The highest BCUT2D eigenvalue weighted by Crippen LogP contribution is 2.21. The summed E-state index contributed by atoms with van der Waals surface area (Å²) in [6.45, 7) is 3.21. The minimum absolute atomic E-state index is 0.0257. The van der Waals surface area contributed by atoms with Gasteiger partial charge in [-0.15, -0.1) is 0 Å². The van der Waals surface area contributed by atoms with Crippen molar-refractivity contribution in [2.75, 3.05) is 33.2 Å². The van der Waals surface area contributed by atoms with Crippen LogP contribution in [0.1, 0.15) is 15.9 Å². The van der Waals surface area contributed by atoms with E-state index in [-0.39, 0.29) is 5.91 Å². The average Bonchev–Trinajstić information content (AvgIpc) is 2.68. The number of para-hydroxylation sites is 1. The van der Waals surface area contributed by atoms with Gasteiger partial charge in [-0.3, -0.25) is 4.79 Å². The molecule has 26 heavy (non-hydrogen) atoms. The van der Waals surface area contributed by atoms with E-state index in [1.54, 1.807) is 48.6 Å². The van der Waals surface area contributed by atoms with Crippen LogP contribution in [0.5, 0.6) is 5.75 Å². The Kier molecular flexibility index (Phi) is 5.81. The molecule has 1 aliphatic heterocycles. The third kappa shape index (κ3) is 4.58.